The number of carbonyl (C=O) groups is 3. The summed E-state index contributed by atoms with van der Waals surface area (Å²) in [5, 5.41) is 20.0. The molecule has 0 spiro atoms. The van der Waals surface area contributed by atoms with Crippen molar-refractivity contribution in [2.24, 2.45) is 17.8 Å². The Morgan fingerprint density at radius 1 is 1.19 bits per heavy atom. The average Bonchev–Trinajstić information content (AvgIpc) is 3.29. The zero-order valence-corrected chi connectivity index (χ0v) is 19.9. The van der Waals surface area contributed by atoms with E-state index in [9.17, 15) is 14.4 Å². The van der Waals surface area contributed by atoms with Crippen molar-refractivity contribution in [3.63, 3.8) is 0 Å². The molecule has 2 rings (SSSR count). The van der Waals surface area contributed by atoms with E-state index in [0.717, 1.165) is 24.2 Å². The van der Waals surface area contributed by atoms with E-state index in [4.69, 9.17) is 5.11 Å². The number of nitrogens with one attached hydrogen (secondary N) is 1. The molecule has 9 nitrogen and oxygen atoms in total. The molecule has 1 aliphatic heterocycles. The Morgan fingerprint density at radius 2 is 1.91 bits per heavy atom. The standard InChI is InChI=1S/C23H39N5O4/c1-16(2)9-7-5-6-8-10-24-22(31)20(13-18-15-27(11-12-29)26-25-18)28-21(30)14-19(17(3)4)23(28)32/h15-17,19-20,29H,5-14H2,1-4H3,(H,24,31). The number of likely N-dealkylation sites (tertiary alicyclic amines) is 1. The van der Waals surface area contributed by atoms with Gasteiger partial charge in [0, 0.05) is 31.5 Å². The Hall–Kier alpha value is -2.29. The van der Waals surface area contributed by atoms with Crippen molar-refractivity contribution in [1.29, 1.82) is 0 Å². The van der Waals surface area contributed by atoms with Gasteiger partial charge in [-0.3, -0.25) is 19.3 Å². The van der Waals surface area contributed by atoms with Crippen LogP contribution in [0, 0.1) is 17.8 Å². The first-order valence-corrected chi connectivity index (χ1v) is 11.9. The van der Waals surface area contributed by atoms with Crippen LogP contribution in [-0.4, -0.2) is 61.9 Å². The second-order valence-electron chi connectivity index (χ2n) is 9.46. The van der Waals surface area contributed by atoms with Gasteiger partial charge >= 0.3 is 0 Å². The minimum absolute atomic E-state index is 0.0245. The van der Waals surface area contributed by atoms with Gasteiger partial charge < -0.3 is 10.4 Å². The van der Waals surface area contributed by atoms with E-state index in [1.807, 2.05) is 13.8 Å². The summed E-state index contributed by atoms with van der Waals surface area (Å²) in [4.78, 5) is 39.8. The molecule has 9 heteroatoms. The fourth-order valence-electron chi connectivity index (χ4n) is 4.03. The van der Waals surface area contributed by atoms with E-state index in [1.165, 1.54) is 17.5 Å². The molecule has 0 bridgehead atoms. The van der Waals surface area contributed by atoms with E-state index in [-0.39, 0.29) is 49.6 Å². The van der Waals surface area contributed by atoms with Gasteiger partial charge in [-0.05, 0) is 18.3 Å². The van der Waals surface area contributed by atoms with E-state index >= 15 is 0 Å². The van der Waals surface area contributed by atoms with Crippen LogP contribution in [0.3, 0.4) is 0 Å². The lowest BCUT2D eigenvalue weighted by atomic mass is 9.94. The van der Waals surface area contributed by atoms with Crippen molar-refractivity contribution in [2.75, 3.05) is 13.2 Å². The number of amides is 3. The molecule has 0 aromatic carbocycles. The van der Waals surface area contributed by atoms with Gasteiger partial charge in [0.05, 0.1) is 18.8 Å². The molecule has 2 unspecified atom stereocenters. The summed E-state index contributed by atoms with van der Waals surface area (Å²) in [6.45, 7) is 8.97. The number of unbranched alkanes of at least 4 members (excludes halogenated alkanes) is 3. The molecule has 32 heavy (non-hydrogen) atoms. The maximum atomic E-state index is 13.1. The molecule has 0 radical (unpaired) electrons. The van der Waals surface area contributed by atoms with Gasteiger partial charge in [-0.15, -0.1) is 5.10 Å². The second-order valence-corrected chi connectivity index (χ2v) is 9.46. The predicted molar refractivity (Wildman–Crippen MR) is 120 cm³/mol. The third kappa shape index (κ3) is 7.39. The van der Waals surface area contributed by atoms with E-state index in [2.05, 4.69) is 29.5 Å². The second kappa shape index (κ2) is 12.7. The van der Waals surface area contributed by atoms with E-state index < -0.39 is 12.0 Å². The lowest BCUT2D eigenvalue weighted by molar-refractivity contribution is -0.147. The van der Waals surface area contributed by atoms with Crippen LogP contribution in [0.1, 0.15) is 71.9 Å². The molecule has 0 saturated carbocycles. The van der Waals surface area contributed by atoms with E-state index in [0.29, 0.717) is 18.2 Å². The quantitative estimate of drug-likeness (QED) is 0.331. The summed E-state index contributed by atoms with van der Waals surface area (Å²) in [6.07, 6.45) is 7.29. The highest BCUT2D eigenvalue weighted by molar-refractivity contribution is 6.07. The Kier molecular flexibility index (Phi) is 10.3. The van der Waals surface area contributed by atoms with Gasteiger partial charge in [-0.1, -0.05) is 58.6 Å². The minimum atomic E-state index is -0.945. The molecule has 3 amide bonds. The van der Waals surface area contributed by atoms with Crippen LogP contribution in [0.2, 0.25) is 0 Å². The first kappa shape index (κ1) is 26.0. The highest BCUT2D eigenvalue weighted by atomic mass is 16.3. The average molecular weight is 450 g/mol. The summed E-state index contributed by atoms with van der Waals surface area (Å²) in [5.74, 6) is -0.613. The molecule has 2 heterocycles. The minimum Gasteiger partial charge on any atom is -0.394 e. The zero-order valence-electron chi connectivity index (χ0n) is 19.9. The number of aliphatic hydroxyl groups is 1. The van der Waals surface area contributed by atoms with Gasteiger partial charge in [0.2, 0.25) is 17.7 Å². The number of imide groups is 1. The molecule has 1 aliphatic rings. The fraction of sp³-hybridized carbons (Fsp3) is 0.783. The topological polar surface area (TPSA) is 117 Å². The van der Waals surface area contributed by atoms with Gasteiger partial charge in [-0.2, -0.15) is 0 Å². The monoisotopic (exact) mass is 449 g/mol. The van der Waals surface area contributed by atoms with Crippen molar-refractivity contribution in [3.8, 4) is 0 Å². The SMILES string of the molecule is CC(C)CCCCCCNC(=O)C(Cc1cn(CCO)nn1)N1C(=O)CC(C(C)C)C1=O. The van der Waals surface area contributed by atoms with Crippen molar-refractivity contribution in [3.05, 3.63) is 11.9 Å². The third-order valence-electron chi connectivity index (χ3n) is 5.96. The van der Waals surface area contributed by atoms with Gasteiger partial charge in [0.25, 0.3) is 0 Å². The molecule has 1 aromatic heterocycles. The Labute approximate surface area is 190 Å². The molecule has 1 aromatic rings. The fourth-order valence-corrected chi connectivity index (χ4v) is 4.03. The highest BCUT2D eigenvalue weighted by Crippen LogP contribution is 2.29. The normalized spacial score (nSPS) is 17.6. The summed E-state index contributed by atoms with van der Waals surface area (Å²) in [6, 6.07) is -0.945. The largest absolute Gasteiger partial charge is 0.394 e. The van der Waals surface area contributed by atoms with Gasteiger partial charge in [-0.25, -0.2) is 4.68 Å². The predicted octanol–water partition coefficient (Wildman–Crippen LogP) is 1.94. The maximum Gasteiger partial charge on any atom is 0.243 e. The molecule has 0 aliphatic carbocycles. The van der Waals surface area contributed by atoms with Crippen LogP contribution in [0.5, 0.6) is 0 Å². The number of hydrogen-bond donors (Lipinski definition) is 2. The molecule has 180 valence electrons. The lowest BCUT2D eigenvalue weighted by Gasteiger charge is -2.25. The molecular formula is C23H39N5O4. The first-order valence-electron chi connectivity index (χ1n) is 11.9. The molecule has 2 N–H and O–H groups in total. The Balaban J connectivity index is 2.02. The maximum absolute atomic E-state index is 13.1. The van der Waals surface area contributed by atoms with E-state index in [1.54, 1.807) is 6.20 Å². The van der Waals surface area contributed by atoms with Crippen molar-refractivity contribution in [2.45, 2.75) is 85.2 Å². The Morgan fingerprint density at radius 3 is 2.53 bits per heavy atom. The number of nitrogens with zero attached hydrogens (tertiary/aromatic N) is 4. The van der Waals surface area contributed by atoms with Crippen LogP contribution in [0.25, 0.3) is 0 Å². The number of hydrogen-bond acceptors (Lipinski definition) is 6. The van der Waals surface area contributed by atoms with Crippen molar-refractivity contribution >= 4 is 17.7 Å². The molecular weight excluding hydrogens is 410 g/mol. The lowest BCUT2D eigenvalue weighted by Crippen LogP contribution is -2.51. The van der Waals surface area contributed by atoms with Gasteiger partial charge in [0.1, 0.15) is 6.04 Å². The zero-order chi connectivity index (χ0) is 23.7. The van der Waals surface area contributed by atoms with Crippen LogP contribution < -0.4 is 5.32 Å². The number of rotatable bonds is 14. The Bertz CT molecular complexity index is 761. The summed E-state index contributed by atoms with van der Waals surface area (Å²) in [7, 11) is 0. The summed E-state index contributed by atoms with van der Waals surface area (Å²) >= 11 is 0. The van der Waals surface area contributed by atoms with Crippen LogP contribution in [0.4, 0.5) is 0 Å². The van der Waals surface area contributed by atoms with Crippen LogP contribution in [0.15, 0.2) is 6.20 Å². The van der Waals surface area contributed by atoms with Crippen LogP contribution >= 0.6 is 0 Å². The summed E-state index contributed by atoms with van der Waals surface area (Å²) in [5.41, 5.74) is 0.501. The molecule has 1 fully saturated rings. The number of aromatic nitrogens is 3. The molecule has 1 saturated heterocycles. The first-order chi connectivity index (χ1) is 15.2. The highest BCUT2D eigenvalue weighted by Gasteiger charge is 2.45. The number of aliphatic hydroxyl groups excluding tert-OH is 1. The van der Waals surface area contributed by atoms with Gasteiger partial charge in [0.15, 0.2) is 0 Å². The summed E-state index contributed by atoms with van der Waals surface area (Å²) < 4.78 is 1.48. The smallest absolute Gasteiger partial charge is 0.243 e. The number of carbonyl (C=O) groups excluding carboxylic acids is 3. The third-order valence-corrected chi connectivity index (χ3v) is 5.96. The van der Waals surface area contributed by atoms with Crippen molar-refractivity contribution < 1.29 is 19.5 Å². The van der Waals surface area contributed by atoms with Crippen molar-refractivity contribution in [1.82, 2.24) is 25.2 Å². The van der Waals surface area contributed by atoms with Crippen LogP contribution in [-0.2, 0) is 27.3 Å². The molecule has 2 atom stereocenters.